The van der Waals surface area contributed by atoms with E-state index in [0.717, 1.165) is 14.5 Å². The largest absolute Gasteiger partial charge is 0.352 e. The van der Waals surface area contributed by atoms with Crippen molar-refractivity contribution in [2.24, 2.45) is 0 Å². The van der Waals surface area contributed by atoms with Gasteiger partial charge in [0.15, 0.2) is 0 Å². The fourth-order valence-electron chi connectivity index (χ4n) is 0.898. The Bertz CT molecular complexity index is 325. The number of nitrogens with one attached hydrogen (secondary N) is 1. The highest BCUT2D eigenvalue weighted by molar-refractivity contribution is 9.11. The molecular weight excluding hydrogens is 298 g/mol. The van der Waals surface area contributed by atoms with E-state index in [1.165, 1.54) is 6.92 Å². The molecule has 4 heteroatoms. The van der Waals surface area contributed by atoms with Gasteiger partial charge in [-0.25, -0.2) is 0 Å². The summed E-state index contributed by atoms with van der Waals surface area (Å²) < 4.78 is 2.01. The molecule has 0 fully saturated rings. The van der Waals surface area contributed by atoms with Gasteiger partial charge in [0.2, 0.25) is 5.91 Å². The molecule has 1 aromatic carbocycles. The van der Waals surface area contributed by atoms with Crippen LogP contribution in [0.15, 0.2) is 27.1 Å². The maximum Gasteiger partial charge on any atom is 0.217 e. The number of hydrogen-bond acceptors (Lipinski definition) is 1. The van der Waals surface area contributed by atoms with Gasteiger partial charge in [0.05, 0.1) is 0 Å². The molecule has 0 aromatic heterocycles. The van der Waals surface area contributed by atoms with Crippen molar-refractivity contribution in [3.63, 3.8) is 0 Å². The van der Waals surface area contributed by atoms with E-state index in [1.807, 2.05) is 18.2 Å². The molecule has 0 aliphatic heterocycles. The molecule has 0 saturated carbocycles. The summed E-state index contributed by atoms with van der Waals surface area (Å²) in [5.74, 6) is -0.0214. The van der Waals surface area contributed by atoms with Gasteiger partial charge in [-0.2, -0.15) is 0 Å². The number of benzene rings is 1. The van der Waals surface area contributed by atoms with Crippen LogP contribution in [0, 0.1) is 0 Å². The minimum atomic E-state index is -0.0214. The lowest BCUT2D eigenvalue weighted by Gasteiger charge is -2.05. The van der Waals surface area contributed by atoms with Crippen molar-refractivity contribution in [2.45, 2.75) is 13.5 Å². The zero-order chi connectivity index (χ0) is 9.84. The minimum absolute atomic E-state index is 0.0214. The summed E-state index contributed by atoms with van der Waals surface area (Å²) in [7, 11) is 0. The molecule has 0 aliphatic rings. The van der Waals surface area contributed by atoms with E-state index in [9.17, 15) is 4.79 Å². The molecule has 0 spiro atoms. The van der Waals surface area contributed by atoms with Crippen LogP contribution in [0.5, 0.6) is 0 Å². The van der Waals surface area contributed by atoms with Crippen LogP contribution >= 0.6 is 31.9 Å². The van der Waals surface area contributed by atoms with E-state index in [0.29, 0.717) is 6.54 Å². The highest BCUT2D eigenvalue weighted by atomic mass is 79.9. The lowest BCUT2D eigenvalue weighted by Crippen LogP contribution is -2.19. The van der Waals surface area contributed by atoms with Crippen molar-refractivity contribution in [1.82, 2.24) is 5.32 Å². The first-order valence-electron chi connectivity index (χ1n) is 3.78. The smallest absolute Gasteiger partial charge is 0.217 e. The third kappa shape index (κ3) is 3.48. The average molecular weight is 307 g/mol. The molecule has 0 heterocycles. The molecule has 1 rings (SSSR count). The van der Waals surface area contributed by atoms with Crippen LogP contribution in [-0.4, -0.2) is 5.91 Å². The monoisotopic (exact) mass is 305 g/mol. The van der Waals surface area contributed by atoms with Gasteiger partial charge >= 0.3 is 0 Å². The van der Waals surface area contributed by atoms with E-state index < -0.39 is 0 Å². The van der Waals surface area contributed by atoms with Crippen molar-refractivity contribution in [3.05, 3.63) is 32.7 Å². The third-order valence-electron chi connectivity index (χ3n) is 1.54. The average Bonchev–Trinajstić information content (AvgIpc) is 2.06. The highest BCUT2D eigenvalue weighted by Crippen LogP contribution is 2.21. The highest BCUT2D eigenvalue weighted by Gasteiger charge is 2.00. The molecule has 13 heavy (non-hydrogen) atoms. The van der Waals surface area contributed by atoms with E-state index in [-0.39, 0.29) is 5.91 Å². The van der Waals surface area contributed by atoms with Gasteiger partial charge in [0, 0.05) is 22.4 Å². The Balaban J connectivity index is 2.75. The van der Waals surface area contributed by atoms with E-state index in [4.69, 9.17) is 0 Å². The molecule has 0 atom stereocenters. The molecule has 0 unspecified atom stereocenters. The molecule has 1 N–H and O–H groups in total. The maximum atomic E-state index is 10.7. The van der Waals surface area contributed by atoms with E-state index in [2.05, 4.69) is 37.2 Å². The van der Waals surface area contributed by atoms with Crippen molar-refractivity contribution in [1.29, 1.82) is 0 Å². The van der Waals surface area contributed by atoms with Crippen LogP contribution in [0.3, 0.4) is 0 Å². The first-order valence-corrected chi connectivity index (χ1v) is 5.36. The lowest BCUT2D eigenvalue weighted by molar-refractivity contribution is -0.119. The molecule has 0 bridgehead atoms. The molecule has 1 amide bonds. The number of rotatable bonds is 2. The Morgan fingerprint density at radius 3 is 2.77 bits per heavy atom. The summed E-state index contributed by atoms with van der Waals surface area (Å²) in [6.45, 7) is 2.06. The van der Waals surface area contributed by atoms with Gasteiger partial charge in [0.25, 0.3) is 0 Å². The lowest BCUT2D eigenvalue weighted by atomic mass is 10.2. The van der Waals surface area contributed by atoms with Crippen LogP contribution in [0.25, 0.3) is 0 Å². The fourth-order valence-corrected chi connectivity index (χ4v) is 1.69. The van der Waals surface area contributed by atoms with E-state index in [1.54, 1.807) is 0 Å². The Hall–Kier alpha value is -0.350. The summed E-state index contributed by atoms with van der Waals surface area (Å²) in [6, 6.07) is 5.86. The SMILES string of the molecule is CC(=O)NCc1cc(Br)ccc1Br. The standard InChI is InChI=1S/C9H9Br2NO/c1-6(13)12-5-7-4-8(10)2-3-9(7)11/h2-4H,5H2,1H3,(H,12,13). The van der Waals surface area contributed by atoms with Gasteiger partial charge in [-0.05, 0) is 23.8 Å². The zero-order valence-corrected chi connectivity index (χ0v) is 10.3. The summed E-state index contributed by atoms with van der Waals surface area (Å²) in [4.78, 5) is 10.7. The maximum absolute atomic E-state index is 10.7. The molecule has 0 radical (unpaired) electrons. The van der Waals surface area contributed by atoms with E-state index >= 15 is 0 Å². The zero-order valence-electron chi connectivity index (χ0n) is 7.10. The Labute approximate surface area is 94.0 Å². The summed E-state index contributed by atoms with van der Waals surface area (Å²) >= 11 is 6.78. The van der Waals surface area contributed by atoms with Gasteiger partial charge in [0.1, 0.15) is 0 Å². The number of halogens is 2. The summed E-state index contributed by atoms with van der Waals surface area (Å²) in [6.07, 6.45) is 0. The molecule has 1 aromatic rings. The molecule has 0 saturated heterocycles. The second-order valence-electron chi connectivity index (χ2n) is 2.65. The van der Waals surface area contributed by atoms with Crippen molar-refractivity contribution >= 4 is 37.8 Å². The minimum Gasteiger partial charge on any atom is -0.352 e. The first kappa shape index (κ1) is 10.7. The number of carbonyl (C=O) groups is 1. The van der Waals surface area contributed by atoms with Gasteiger partial charge in [-0.3, -0.25) is 4.79 Å². The van der Waals surface area contributed by atoms with Crippen molar-refractivity contribution in [3.8, 4) is 0 Å². The van der Waals surface area contributed by atoms with Gasteiger partial charge < -0.3 is 5.32 Å². The van der Waals surface area contributed by atoms with Crippen LogP contribution in [0.2, 0.25) is 0 Å². The van der Waals surface area contributed by atoms with Gasteiger partial charge in [-0.15, -0.1) is 0 Å². The fraction of sp³-hybridized carbons (Fsp3) is 0.222. The predicted molar refractivity (Wildman–Crippen MR) is 59.4 cm³/mol. The van der Waals surface area contributed by atoms with Crippen LogP contribution in [-0.2, 0) is 11.3 Å². The third-order valence-corrected chi connectivity index (χ3v) is 2.80. The summed E-state index contributed by atoms with van der Waals surface area (Å²) in [5.41, 5.74) is 1.06. The molecule has 70 valence electrons. The Morgan fingerprint density at radius 1 is 1.46 bits per heavy atom. The normalized spacial score (nSPS) is 9.77. The van der Waals surface area contributed by atoms with Crippen molar-refractivity contribution in [2.75, 3.05) is 0 Å². The number of hydrogen-bond donors (Lipinski definition) is 1. The van der Waals surface area contributed by atoms with Crippen LogP contribution < -0.4 is 5.32 Å². The van der Waals surface area contributed by atoms with Crippen LogP contribution in [0.1, 0.15) is 12.5 Å². The van der Waals surface area contributed by atoms with Gasteiger partial charge in [-0.1, -0.05) is 31.9 Å². The predicted octanol–water partition coefficient (Wildman–Crippen LogP) is 2.85. The van der Waals surface area contributed by atoms with Crippen molar-refractivity contribution < 1.29 is 4.79 Å². The first-order chi connectivity index (χ1) is 6.09. The second-order valence-corrected chi connectivity index (χ2v) is 4.42. The topological polar surface area (TPSA) is 29.1 Å². The summed E-state index contributed by atoms with van der Waals surface area (Å²) in [5, 5.41) is 2.74. The number of amides is 1. The second kappa shape index (κ2) is 4.77. The quantitative estimate of drug-likeness (QED) is 0.894. The Morgan fingerprint density at radius 2 is 2.15 bits per heavy atom. The van der Waals surface area contributed by atoms with Crippen LogP contribution in [0.4, 0.5) is 0 Å². The Kier molecular flexibility index (Phi) is 3.93. The molecular formula is C9H9Br2NO. The molecule has 0 aliphatic carbocycles. The number of carbonyl (C=O) groups excluding carboxylic acids is 1. The molecule has 2 nitrogen and oxygen atoms in total.